The normalized spacial score (nSPS) is 18.7. The predicted molar refractivity (Wildman–Crippen MR) is 87.8 cm³/mol. The van der Waals surface area contributed by atoms with Crippen LogP contribution in [0.4, 0.5) is 0 Å². The van der Waals surface area contributed by atoms with Crippen molar-refractivity contribution in [1.29, 1.82) is 0 Å². The second-order valence-electron chi connectivity index (χ2n) is 5.54. The fraction of sp³-hybridized carbons (Fsp3) is 0.500. The minimum Gasteiger partial charge on any atom is -0.310 e. The SMILES string of the molecule is CCNC(c1csc2c(Br)cccc12)C(C)C1CC1. The first-order valence-electron chi connectivity index (χ1n) is 7.11. The average Bonchev–Trinajstić information content (AvgIpc) is 3.16. The summed E-state index contributed by atoms with van der Waals surface area (Å²) in [6.45, 7) is 5.65. The summed E-state index contributed by atoms with van der Waals surface area (Å²) in [4.78, 5) is 0. The van der Waals surface area contributed by atoms with Gasteiger partial charge in [-0.3, -0.25) is 0 Å². The zero-order chi connectivity index (χ0) is 13.4. The summed E-state index contributed by atoms with van der Waals surface area (Å²) in [5.41, 5.74) is 1.49. The lowest BCUT2D eigenvalue weighted by molar-refractivity contribution is 0.357. The molecule has 2 aromatic rings. The Bertz CT molecular complexity index is 573. The van der Waals surface area contributed by atoms with E-state index >= 15 is 0 Å². The maximum absolute atomic E-state index is 3.71. The van der Waals surface area contributed by atoms with Crippen LogP contribution >= 0.6 is 27.3 Å². The lowest BCUT2D eigenvalue weighted by atomic mass is 9.90. The number of benzene rings is 1. The molecule has 1 N–H and O–H groups in total. The van der Waals surface area contributed by atoms with E-state index in [4.69, 9.17) is 0 Å². The average molecular weight is 338 g/mol. The molecule has 1 aliphatic carbocycles. The highest BCUT2D eigenvalue weighted by Gasteiger charge is 2.34. The van der Waals surface area contributed by atoms with E-state index in [2.05, 4.69) is 58.7 Å². The summed E-state index contributed by atoms with van der Waals surface area (Å²) in [6, 6.07) is 7.04. The molecule has 0 saturated heterocycles. The van der Waals surface area contributed by atoms with E-state index < -0.39 is 0 Å². The van der Waals surface area contributed by atoms with Crippen molar-refractivity contribution in [2.45, 2.75) is 32.7 Å². The van der Waals surface area contributed by atoms with E-state index in [9.17, 15) is 0 Å². The molecule has 2 atom stereocenters. The molecule has 0 radical (unpaired) electrons. The molecule has 19 heavy (non-hydrogen) atoms. The number of fused-ring (bicyclic) bond motifs is 1. The molecule has 1 aromatic carbocycles. The monoisotopic (exact) mass is 337 g/mol. The van der Waals surface area contributed by atoms with Crippen molar-refractivity contribution in [1.82, 2.24) is 5.32 Å². The van der Waals surface area contributed by atoms with E-state index in [1.165, 1.54) is 33.0 Å². The Hall–Kier alpha value is -0.380. The van der Waals surface area contributed by atoms with Crippen LogP contribution in [-0.4, -0.2) is 6.54 Å². The van der Waals surface area contributed by atoms with E-state index in [0.29, 0.717) is 6.04 Å². The molecule has 1 fully saturated rings. The van der Waals surface area contributed by atoms with Gasteiger partial charge in [-0.2, -0.15) is 0 Å². The van der Waals surface area contributed by atoms with Gasteiger partial charge in [-0.25, -0.2) is 0 Å². The first-order valence-corrected chi connectivity index (χ1v) is 8.78. The molecule has 102 valence electrons. The van der Waals surface area contributed by atoms with Crippen molar-refractivity contribution in [2.75, 3.05) is 6.54 Å². The molecular formula is C16H20BrNS. The third kappa shape index (κ3) is 2.61. The number of nitrogens with one attached hydrogen (secondary N) is 1. The van der Waals surface area contributed by atoms with E-state index in [1.807, 2.05) is 11.3 Å². The lowest BCUT2D eigenvalue weighted by Crippen LogP contribution is -2.27. The predicted octanol–water partition coefficient (Wildman–Crippen LogP) is 5.36. The largest absolute Gasteiger partial charge is 0.310 e. The fourth-order valence-electron chi connectivity index (χ4n) is 2.98. The molecule has 3 rings (SSSR count). The molecule has 1 nitrogen and oxygen atoms in total. The van der Waals surface area contributed by atoms with Crippen molar-refractivity contribution in [3.05, 3.63) is 33.6 Å². The van der Waals surface area contributed by atoms with Gasteiger partial charge in [-0.15, -0.1) is 11.3 Å². The molecule has 0 aliphatic heterocycles. The molecule has 2 unspecified atom stereocenters. The van der Waals surface area contributed by atoms with Crippen LogP contribution in [0.2, 0.25) is 0 Å². The van der Waals surface area contributed by atoms with Gasteiger partial charge in [0.05, 0.1) is 0 Å². The molecular weight excluding hydrogens is 318 g/mol. The Morgan fingerprint density at radius 2 is 2.21 bits per heavy atom. The van der Waals surface area contributed by atoms with E-state index in [-0.39, 0.29) is 0 Å². The van der Waals surface area contributed by atoms with Crippen LogP contribution in [0.25, 0.3) is 10.1 Å². The van der Waals surface area contributed by atoms with Crippen molar-refractivity contribution in [3.8, 4) is 0 Å². The molecule has 1 saturated carbocycles. The van der Waals surface area contributed by atoms with Gasteiger partial charge in [0.2, 0.25) is 0 Å². The Morgan fingerprint density at radius 3 is 2.89 bits per heavy atom. The maximum atomic E-state index is 3.71. The second-order valence-corrected chi connectivity index (χ2v) is 7.27. The van der Waals surface area contributed by atoms with Crippen LogP contribution in [0.3, 0.4) is 0 Å². The minimum absolute atomic E-state index is 0.501. The van der Waals surface area contributed by atoms with Crippen LogP contribution in [-0.2, 0) is 0 Å². The first-order chi connectivity index (χ1) is 9.22. The minimum atomic E-state index is 0.501. The molecule has 1 aliphatic rings. The summed E-state index contributed by atoms with van der Waals surface area (Å²) in [5, 5.41) is 7.47. The van der Waals surface area contributed by atoms with Crippen LogP contribution < -0.4 is 5.32 Å². The summed E-state index contributed by atoms with van der Waals surface area (Å²) >= 11 is 5.52. The summed E-state index contributed by atoms with van der Waals surface area (Å²) in [6.07, 6.45) is 2.82. The standard InChI is InChI=1S/C16H20BrNS/c1-3-18-15(10(2)11-7-8-11)13-9-19-16-12(13)5-4-6-14(16)17/h4-6,9-11,15,18H,3,7-8H2,1-2H3. The lowest BCUT2D eigenvalue weighted by Gasteiger charge is -2.24. The van der Waals surface area contributed by atoms with Crippen LogP contribution in [0, 0.1) is 11.8 Å². The number of thiophene rings is 1. The first kappa shape index (κ1) is 13.6. The Morgan fingerprint density at radius 1 is 1.42 bits per heavy atom. The quantitative estimate of drug-likeness (QED) is 0.774. The molecule has 1 aromatic heterocycles. The topological polar surface area (TPSA) is 12.0 Å². The van der Waals surface area contributed by atoms with Crippen molar-refractivity contribution < 1.29 is 0 Å². The van der Waals surface area contributed by atoms with Gasteiger partial charge in [0, 0.05) is 15.2 Å². The van der Waals surface area contributed by atoms with Gasteiger partial charge >= 0.3 is 0 Å². The number of hydrogen-bond acceptors (Lipinski definition) is 2. The maximum Gasteiger partial charge on any atom is 0.0488 e. The van der Waals surface area contributed by atoms with E-state index in [1.54, 1.807) is 0 Å². The van der Waals surface area contributed by atoms with Gasteiger partial charge in [0.15, 0.2) is 0 Å². The Kier molecular flexibility index (Phi) is 3.97. The molecule has 3 heteroatoms. The molecule has 1 heterocycles. The molecule has 0 amide bonds. The van der Waals surface area contributed by atoms with Crippen LogP contribution in [0.5, 0.6) is 0 Å². The summed E-state index contributed by atoms with van der Waals surface area (Å²) in [7, 11) is 0. The third-order valence-electron chi connectivity index (χ3n) is 4.23. The second kappa shape index (κ2) is 5.55. The zero-order valence-electron chi connectivity index (χ0n) is 11.4. The number of hydrogen-bond donors (Lipinski definition) is 1. The van der Waals surface area contributed by atoms with Crippen molar-refractivity contribution in [2.24, 2.45) is 11.8 Å². The smallest absolute Gasteiger partial charge is 0.0488 e. The zero-order valence-corrected chi connectivity index (χ0v) is 13.9. The molecule has 0 bridgehead atoms. The van der Waals surface area contributed by atoms with Gasteiger partial charge in [0.1, 0.15) is 0 Å². The fourth-order valence-corrected chi connectivity index (χ4v) is 4.63. The Labute approximate surface area is 127 Å². The van der Waals surface area contributed by atoms with Crippen molar-refractivity contribution in [3.63, 3.8) is 0 Å². The highest BCUT2D eigenvalue weighted by atomic mass is 79.9. The summed E-state index contributed by atoms with van der Waals surface area (Å²) in [5.74, 6) is 1.66. The number of rotatable bonds is 5. The number of halogens is 1. The van der Waals surface area contributed by atoms with Crippen LogP contribution in [0.1, 0.15) is 38.3 Å². The third-order valence-corrected chi connectivity index (χ3v) is 6.20. The van der Waals surface area contributed by atoms with Gasteiger partial charge in [-0.05, 0) is 69.5 Å². The highest BCUT2D eigenvalue weighted by molar-refractivity contribution is 9.10. The van der Waals surface area contributed by atoms with Crippen LogP contribution in [0.15, 0.2) is 28.1 Å². The van der Waals surface area contributed by atoms with Crippen molar-refractivity contribution >= 4 is 37.4 Å². The highest BCUT2D eigenvalue weighted by Crippen LogP contribution is 2.45. The molecule has 0 spiro atoms. The van der Waals surface area contributed by atoms with Gasteiger partial charge in [-0.1, -0.05) is 26.0 Å². The van der Waals surface area contributed by atoms with E-state index in [0.717, 1.165) is 18.4 Å². The van der Waals surface area contributed by atoms with Gasteiger partial charge < -0.3 is 5.32 Å². The Balaban J connectivity index is 2.01. The van der Waals surface area contributed by atoms with Gasteiger partial charge in [0.25, 0.3) is 0 Å². The summed E-state index contributed by atoms with van der Waals surface area (Å²) < 4.78 is 2.60.